The molecule has 1 aliphatic carbocycles. The lowest BCUT2D eigenvalue weighted by molar-refractivity contribution is -0.129. The van der Waals surface area contributed by atoms with Crippen molar-refractivity contribution in [3.05, 3.63) is 53.1 Å². The lowest BCUT2D eigenvalue weighted by Gasteiger charge is -2.13. The molecule has 1 N–H and O–H groups in total. The average molecular weight is 344 g/mol. The van der Waals surface area contributed by atoms with Gasteiger partial charge in [0.2, 0.25) is 0 Å². The Morgan fingerprint density at radius 2 is 1.88 bits per heavy atom. The van der Waals surface area contributed by atoms with Crippen molar-refractivity contribution in [3.63, 3.8) is 0 Å². The number of hydrogen-bond donors (Lipinski definition) is 1. The third-order valence-electron chi connectivity index (χ3n) is 4.31. The summed E-state index contributed by atoms with van der Waals surface area (Å²) in [6.07, 6.45) is 1.11. The van der Waals surface area contributed by atoms with Crippen LogP contribution < -0.4 is 5.32 Å². The summed E-state index contributed by atoms with van der Waals surface area (Å²) >= 11 is 0. The normalized spacial score (nSPS) is 14.9. The van der Waals surface area contributed by atoms with E-state index in [1.807, 2.05) is 11.5 Å². The number of amides is 1. The number of rotatable bonds is 5. The molecule has 1 aromatic carbocycles. The highest BCUT2D eigenvalue weighted by molar-refractivity contribution is 5.93. The Morgan fingerprint density at radius 1 is 1.24 bits per heavy atom. The molecule has 1 aliphatic rings. The van der Waals surface area contributed by atoms with Gasteiger partial charge in [0.25, 0.3) is 5.91 Å². The third-order valence-corrected chi connectivity index (χ3v) is 4.31. The van der Waals surface area contributed by atoms with Crippen LogP contribution in [0.2, 0.25) is 0 Å². The zero-order chi connectivity index (χ0) is 18.1. The van der Waals surface area contributed by atoms with E-state index in [1.165, 1.54) is 12.1 Å². The molecule has 0 spiro atoms. The topological polar surface area (TPSA) is 60.3 Å². The second-order valence-electron chi connectivity index (χ2n) is 6.43. The van der Waals surface area contributed by atoms with Gasteiger partial charge in [0.05, 0.1) is 5.56 Å². The Hall–Kier alpha value is -2.63. The first kappa shape index (κ1) is 17.2. The van der Waals surface area contributed by atoms with Gasteiger partial charge in [-0.3, -0.25) is 4.79 Å². The van der Waals surface area contributed by atoms with Crippen LogP contribution in [-0.4, -0.2) is 28.6 Å². The summed E-state index contributed by atoms with van der Waals surface area (Å²) in [7, 11) is 0. The number of aromatic nitrogens is 1. The Kier molecular flexibility index (Phi) is 4.61. The molecule has 0 bridgehead atoms. The van der Waals surface area contributed by atoms with Crippen LogP contribution in [0.4, 0.5) is 4.39 Å². The van der Waals surface area contributed by atoms with E-state index in [1.54, 1.807) is 32.0 Å². The zero-order valence-corrected chi connectivity index (χ0v) is 14.5. The van der Waals surface area contributed by atoms with Crippen LogP contribution in [-0.2, 0) is 9.53 Å². The van der Waals surface area contributed by atoms with E-state index in [9.17, 15) is 14.0 Å². The number of halogens is 1. The largest absolute Gasteiger partial charge is 0.449 e. The first-order valence-electron chi connectivity index (χ1n) is 8.33. The number of nitrogens with one attached hydrogen (secondary N) is 1. The number of ether oxygens (including phenoxy) is 1. The van der Waals surface area contributed by atoms with E-state index in [0.717, 1.165) is 24.2 Å². The highest BCUT2D eigenvalue weighted by Gasteiger charge is 2.28. The van der Waals surface area contributed by atoms with Crippen molar-refractivity contribution < 1.29 is 18.7 Å². The van der Waals surface area contributed by atoms with Crippen molar-refractivity contribution in [1.82, 2.24) is 9.88 Å². The molecule has 0 aliphatic heterocycles. The molecule has 1 fully saturated rings. The molecule has 5 nitrogen and oxygen atoms in total. The summed E-state index contributed by atoms with van der Waals surface area (Å²) in [5.41, 5.74) is 2.66. The van der Waals surface area contributed by atoms with Crippen molar-refractivity contribution in [3.8, 4) is 5.69 Å². The number of esters is 1. The van der Waals surface area contributed by atoms with Crippen LogP contribution in [0.15, 0.2) is 30.3 Å². The molecule has 3 rings (SSSR count). The predicted molar refractivity (Wildman–Crippen MR) is 91.2 cm³/mol. The van der Waals surface area contributed by atoms with Crippen LogP contribution in [0, 0.1) is 19.7 Å². The SMILES string of the molecule is Cc1cc(C(=O)OC(C)C(=O)NC2CC2)c(C)n1-c1ccc(F)cc1. The lowest BCUT2D eigenvalue weighted by Crippen LogP contribution is -2.37. The van der Waals surface area contributed by atoms with E-state index in [2.05, 4.69) is 5.32 Å². The van der Waals surface area contributed by atoms with Crippen LogP contribution >= 0.6 is 0 Å². The summed E-state index contributed by atoms with van der Waals surface area (Å²) in [5.74, 6) is -1.13. The van der Waals surface area contributed by atoms with Crippen molar-refractivity contribution >= 4 is 11.9 Å². The predicted octanol–water partition coefficient (Wildman–Crippen LogP) is 3.06. The Morgan fingerprint density at radius 3 is 2.48 bits per heavy atom. The van der Waals surface area contributed by atoms with Crippen molar-refractivity contribution in [2.45, 2.75) is 45.8 Å². The molecular weight excluding hydrogens is 323 g/mol. The molecular formula is C19H21FN2O3. The number of carbonyl (C=O) groups excluding carboxylic acids is 2. The molecule has 1 unspecified atom stereocenters. The number of nitrogens with zero attached hydrogens (tertiary/aromatic N) is 1. The average Bonchev–Trinajstić information content (AvgIpc) is 3.32. The summed E-state index contributed by atoms with van der Waals surface area (Å²) in [6, 6.07) is 7.98. The molecule has 1 saturated carbocycles. The van der Waals surface area contributed by atoms with Gasteiger partial charge in [-0.15, -0.1) is 0 Å². The van der Waals surface area contributed by atoms with Crippen LogP contribution in [0.3, 0.4) is 0 Å². The van der Waals surface area contributed by atoms with E-state index in [4.69, 9.17) is 4.74 Å². The van der Waals surface area contributed by atoms with Gasteiger partial charge in [0.15, 0.2) is 6.10 Å². The van der Waals surface area contributed by atoms with Gasteiger partial charge in [0.1, 0.15) is 5.82 Å². The molecule has 1 amide bonds. The van der Waals surface area contributed by atoms with Gasteiger partial charge in [-0.2, -0.15) is 0 Å². The molecule has 1 atom stereocenters. The summed E-state index contributed by atoms with van der Waals surface area (Å²) in [6.45, 7) is 5.22. The Balaban J connectivity index is 1.78. The Bertz CT molecular complexity index is 807. The highest BCUT2D eigenvalue weighted by Crippen LogP contribution is 2.23. The number of carbonyl (C=O) groups is 2. The van der Waals surface area contributed by atoms with Gasteiger partial charge in [0, 0.05) is 23.1 Å². The van der Waals surface area contributed by atoms with Crippen LogP contribution in [0.5, 0.6) is 0 Å². The summed E-state index contributed by atoms with van der Waals surface area (Å²) < 4.78 is 20.3. The highest BCUT2D eigenvalue weighted by atomic mass is 19.1. The van der Waals surface area contributed by atoms with Gasteiger partial charge in [-0.1, -0.05) is 0 Å². The van der Waals surface area contributed by atoms with E-state index in [-0.39, 0.29) is 17.8 Å². The first-order chi connectivity index (χ1) is 11.9. The fourth-order valence-electron chi connectivity index (χ4n) is 2.78. The summed E-state index contributed by atoms with van der Waals surface area (Å²) in [4.78, 5) is 24.4. The quantitative estimate of drug-likeness (QED) is 0.848. The number of aryl methyl sites for hydroxylation is 1. The van der Waals surface area contributed by atoms with Gasteiger partial charge in [-0.25, -0.2) is 9.18 Å². The second kappa shape index (κ2) is 6.70. The summed E-state index contributed by atoms with van der Waals surface area (Å²) in [5, 5.41) is 2.82. The monoisotopic (exact) mass is 344 g/mol. The van der Waals surface area contributed by atoms with Crippen molar-refractivity contribution in [2.75, 3.05) is 0 Å². The lowest BCUT2D eigenvalue weighted by atomic mass is 10.2. The van der Waals surface area contributed by atoms with Crippen molar-refractivity contribution in [1.29, 1.82) is 0 Å². The van der Waals surface area contributed by atoms with E-state index < -0.39 is 12.1 Å². The first-order valence-corrected chi connectivity index (χ1v) is 8.33. The minimum atomic E-state index is -0.845. The molecule has 132 valence electrons. The maximum atomic E-state index is 13.1. The van der Waals surface area contributed by atoms with Crippen LogP contribution in [0.25, 0.3) is 5.69 Å². The maximum Gasteiger partial charge on any atom is 0.340 e. The standard InChI is InChI=1S/C19H21FN2O3/c1-11-10-17(12(2)22(11)16-8-4-14(20)5-9-16)19(24)25-13(3)18(23)21-15-6-7-15/h4-5,8-10,13,15H,6-7H2,1-3H3,(H,21,23). The maximum absolute atomic E-state index is 13.1. The molecule has 0 radical (unpaired) electrons. The third kappa shape index (κ3) is 3.73. The van der Waals surface area contributed by atoms with Gasteiger partial charge >= 0.3 is 5.97 Å². The second-order valence-corrected chi connectivity index (χ2v) is 6.43. The minimum Gasteiger partial charge on any atom is -0.449 e. The number of hydrogen-bond acceptors (Lipinski definition) is 3. The smallest absolute Gasteiger partial charge is 0.340 e. The zero-order valence-electron chi connectivity index (χ0n) is 14.5. The fourth-order valence-corrected chi connectivity index (χ4v) is 2.78. The molecule has 6 heteroatoms. The molecule has 2 aromatic rings. The minimum absolute atomic E-state index is 0.220. The van der Waals surface area contributed by atoms with Crippen molar-refractivity contribution in [2.24, 2.45) is 0 Å². The molecule has 0 saturated heterocycles. The molecule has 1 heterocycles. The van der Waals surface area contributed by atoms with E-state index in [0.29, 0.717) is 11.3 Å². The fraction of sp³-hybridized carbons (Fsp3) is 0.368. The number of benzene rings is 1. The van der Waals surface area contributed by atoms with E-state index >= 15 is 0 Å². The Labute approximate surface area is 145 Å². The van der Waals surface area contributed by atoms with Gasteiger partial charge in [-0.05, 0) is 63.9 Å². The van der Waals surface area contributed by atoms with Crippen LogP contribution in [0.1, 0.15) is 41.5 Å². The molecule has 25 heavy (non-hydrogen) atoms. The molecule has 1 aromatic heterocycles. The van der Waals surface area contributed by atoms with Gasteiger partial charge < -0.3 is 14.6 Å².